The lowest BCUT2D eigenvalue weighted by Crippen LogP contribution is -2.42. The van der Waals surface area contributed by atoms with Gasteiger partial charge in [0.25, 0.3) is 0 Å². The quantitative estimate of drug-likeness (QED) is 0.285. The van der Waals surface area contributed by atoms with E-state index in [1.54, 1.807) is 6.20 Å². The number of aliphatic imine (C=N–C) groups is 1. The SMILES string of the molecule is CN=C(NCc1cccc(Cn2cccn2)c1)NC(C)Cc1ccc(C)s1.I. The minimum Gasteiger partial charge on any atom is -0.354 e. The molecule has 150 valence electrons. The largest absolute Gasteiger partial charge is 0.354 e. The topological polar surface area (TPSA) is 54.2 Å². The highest BCUT2D eigenvalue weighted by Gasteiger charge is 2.08. The summed E-state index contributed by atoms with van der Waals surface area (Å²) in [7, 11) is 1.81. The molecule has 2 N–H and O–H groups in total. The van der Waals surface area contributed by atoms with Gasteiger partial charge in [0.15, 0.2) is 5.96 Å². The zero-order valence-corrected chi connectivity index (χ0v) is 19.7. The van der Waals surface area contributed by atoms with Crippen molar-refractivity contribution < 1.29 is 0 Å². The van der Waals surface area contributed by atoms with Gasteiger partial charge in [-0.05, 0) is 43.2 Å². The molecule has 0 bridgehead atoms. The maximum Gasteiger partial charge on any atom is 0.191 e. The average molecular weight is 509 g/mol. The molecule has 3 rings (SSSR count). The van der Waals surface area contributed by atoms with Crippen LogP contribution in [-0.2, 0) is 19.5 Å². The predicted molar refractivity (Wildman–Crippen MR) is 129 cm³/mol. The van der Waals surface area contributed by atoms with Gasteiger partial charge in [0.1, 0.15) is 0 Å². The number of benzene rings is 1. The Labute approximate surface area is 188 Å². The third-order valence-electron chi connectivity index (χ3n) is 4.27. The predicted octanol–water partition coefficient (Wildman–Crippen LogP) is 4.22. The van der Waals surface area contributed by atoms with E-state index >= 15 is 0 Å². The lowest BCUT2D eigenvalue weighted by molar-refractivity contribution is 0.644. The number of nitrogens with zero attached hydrogens (tertiary/aromatic N) is 3. The molecule has 0 saturated carbocycles. The summed E-state index contributed by atoms with van der Waals surface area (Å²) in [5.74, 6) is 0.827. The summed E-state index contributed by atoms with van der Waals surface area (Å²) in [6, 6.07) is 15.2. The maximum absolute atomic E-state index is 4.36. The van der Waals surface area contributed by atoms with Gasteiger partial charge in [0, 0.05) is 48.2 Å². The Balaban J connectivity index is 0.00000280. The van der Waals surface area contributed by atoms with Gasteiger partial charge in [-0.2, -0.15) is 5.10 Å². The molecule has 0 aliphatic carbocycles. The average Bonchev–Trinajstić information content (AvgIpc) is 3.30. The minimum absolute atomic E-state index is 0. The molecule has 5 nitrogen and oxygen atoms in total. The van der Waals surface area contributed by atoms with E-state index in [-0.39, 0.29) is 24.0 Å². The fraction of sp³-hybridized carbons (Fsp3) is 0.333. The molecule has 2 heterocycles. The van der Waals surface area contributed by atoms with Crippen LogP contribution in [0.15, 0.2) is 59.9 Å². The molecule has 0 aliphatic rings. The molecule has 3 aromatic rings. The number of nitrogens with one attached hydrogen (secondary N) is 2. The smallest absolute Gasteiger partial charge is 0.191 e. The van der Waals surface area contributed by atoms with Gasteiger partial charge < -0.3 is 10.6 Å². The van der Waals surface area contributed by atoms with Crippen molar-refractivity contribution in [3.05, 3.63) is 75.7 Å². The van der Waals surface area contributed by atoms with E-state index in [9.17, 15) is 0 Å². The lowest BCUT2D eigenvalue weighted by atomic mass is 10.1. The maximum atomic E-state index is 4.36. The number of guanidine groups is 1. The molecule has 0 amide bonds. The number of thiophene rings is 1. The van der Waals surface area contributed by atoms with Crippen molar-refractivity contribution in [2.45, 2.75) is 39.4 Å². The lowest BCUT2D eigenvalue weighted by Gasteiger charge is -2.17. The van der Waals surface area contributed by atoms with Crippen molar-refractivity contribution in [2.75, 3.05) is 7.05 Å². The Morgan fingerprint density at radius 3 is 2.71 bits per heavy atom. The molecule has 1 unspecified atom stereocenters. The highest BCUT2D eigenvalue weighted by molar-refractivity contribution is 14.0. The number of aromatic nitrogens is 2. The van der Waals surface area contributed by atoms with Crippen LogP contribution >= 0.6 is 35.3 Å². The summed E-state index contributed by atoms with van der Waals surface area (Å²) in [4.78, 5) is 7.11. The van der Waals surface area contributed by atoms with E-state index in [1.807, 2.05) is 35.3 Å². The van der Waals surface area contributed by atoms with Crippen LogP contribution in [0.1, 0.15) is 27.8 Å². The first-order valence-electron chi connectivity index (χ1n) is 9.20. The zero-order chi connectivity index (χ0) is 19.1. The molecule has 28 heavy (non-hydrogen) atoms. The molecule has 1 atom stereocenters. The van der Waals surface area contributed by atoms with E-state index in [0.717, 1.165) is 25.5 Å². The van der Waals surface area contributed by atoms with Crippen LogP contribution in [-0.4, -0.2) is 28.8 Å². The van der Waals surface area contributed by atoms with Crippen LogP contribution in [0.25, 0.3) is 0 Å². The summed E-state index contributed by atoms with van der Waals surface area (Å²) >= 11 is 1.86. The first kappa shape index (κ1) is 22.4. The highest BCUT2D eigenvalue weighted by atomic mass is 127. The Bertz CT molecular complexity index is 873. The Morgan fingerprint density at radius 1 is 1.21 bits per heavy atom. The third kappa shape index (κ3) is 6.94. The number of hydrogen-bond acceptors (Lipinski definition) is 3. The summed E-state index contributed by atoms with van der Waals surface area (Å²) in [5, 5.41) is 11.2. The molecule has 1 aromatic carbocycles. The van der Waals surface area contributed by atoms with Crippen LogP contribution in [0.5, 0.6) is 0 Å². The van der Waals surface area contributed by atoms with Crippen molar-refractivity contribution >= 4 is 41.3 Å². The second-order valence-electron chi connectivity index (χ2n) is 6.71. The van der Waals surface area contributed by atoms with Crippen LogP contribution in [0.2, 0.25) is 0 Å². The first-order chi connectivity index (χ1) is 13.1. The van der Waals surface area contributed by atoms with Crippen LogP contribution in [0.4, 0.5) is 0 Å². The van der Waals surface area contributed by atoms with Crippen LogP contribution < -0.4 is 10.6 Å². The van der Waals surface area contributed by atoms with Gasteiger partial charge >= 0.3 is 0 Å². The molecular formula is C21H28IN5S. The van der Waals surface area contributed by atoms with E-state index in [4.69, 9.17) is 0 Å². The van der Waals surface area contributed by atoms with Gasteiger partial charge in [-0.25, -0.2) is 0 Å². The zero-order valence-electron chi connectivity index (χ0n) is 16.6. The third-order valence-corrected chi connectivity index (χ3v) is 5.29. The summed E-state index contributed by atoms with van der Waals surface area (Å²) < 4.78 is 1.93. The summed E-state index contributed by atoms with van der Waals surface area (Å²) in [6.07, 6.45) is 4.78. The second-order valence-corrected chi connectivity index (χ2v) is 8.08. The van der Waals surface area contributed by atoms with E-state index in [0.29, 0.717) is 6.04 Å². The molecule has 0 fully saturated rings. The van der Waals surface area contributed by atoms with Gasteiger partial charge in [-0.3, -0.25) is 9.67 Å². The molecule has 0 aliphatic heterocycles. The highest BCUT2D eigenvalue weighted by Crippen LogP contribution is 2.16. The minimum atomic E-state index is 0. The standard InChI is InChI=1S/C21H27N5S.HI/c1-16(12-20-9-8-17(2)27-20)25-21(22-3)23-14-18-6-4-7-19(13-18)15-26-11-5-10-24-26;/h4-11,13,16H,12,14-15H2,1-3H3,(H2,22,23,25);1H. The fourth-order valence-corrected chi connectivity index (χ4v) is 4.00. The Kier molecular flexibility index (Phi) is 8.98. The molecule has 0 spiro atoms. The van der Waals surface area contributed by atoms with Crippen molar-refractivity contribution in [3.63, 3.8) is 0 Å². The fourth-order valence-electron chi connectivity index (χ4n) is 2.98. The monoisotopic (exact) mass is 509 g/mol. The normalized spacial score (nSPS) is 12.3. The summed E-state index contributed by atoms with van der Waals surface area (Å²) in [6.45, 7) is 5.85. The molecule has 0 saturated heterocycles. The summed E-state index contributed by atoms with van der Waals surface area (Å²) in [5.41, 5.74) is 2.46. The van der Waals surface area contributed by atoms with Gasteiger partial charge in [-0.1, -0.05) is 24.3 Å². The number of halogens is 1. The van der Waals surface area contributed by atoms with Crippen molar-refractivity contribution in [1.82, 2.24) is 20.4 Å². The van der Waals surface area contributed by atoms with Gasteiger partial charge in [0.05, 0.1) is 6.54 Å². The number of hydrogen-bond donors (Lipinski definition) is 2. The van der Waals surface area contributed by atoms with Crippen molar-refractivity contribution in [3.8, 4) is 0 Å². The molecule has 0 radical (unpaired) electrons. The van der Waals surface area contributed by atoms with Crippen molar-refractivity contribution in [1.29, 1.82) is 0 Å². The van der Waals surface area contributed by atoms with Crippen molar-refractivity contribution in [2.24, 2.45) is 4.99 Å². The van der Waals surface area contributed by atoms with E-state index < -0.39 is 0 Å². The number of rotatable bonds is 7. The first-order valence-corrected chi connectivity index (χ1v) is 10.0. The Morgan fingerprint density at radius 2 is 2.04 bits per heavy atom. The van der Waals surface area contributed by atoms with Crippen LogP contribution in [0.3, 0.4) is 0 Å². The van der Waals surface area contributed by atoms with Gasteiger partial charge in [0.2, 0.25) is 0 Å². The molecule has 2 aromatic heterocycles. The Hall–Kier alpha value is -1.87. The molecular weight excluding hydrogens is 481 g/mol. The van der Waals surface area contributed by atoms with E-state index in [2.05, 4.69) is 71.0 Å². The number of aryl methyl sites for hydroxylation is 1. The van der Waals surface area contributed by atoms with Crippen LogP contribution in [0, 0.1) is 6.92 Å². The second kappa shape index (κ2) is 11.2. The van der Waals surface area contributed by atoms with Gasteiger partial charge in [-0.15, -0.1) is 35.3 Å². The molecule has 7 heteroatoms. The van der Waals surface area contributed by atoms with E-state index in [1.165, 1.54) is 20.9 Å².